The molecule has 0 radical (unpaired) electrons. The van der Waals surface area contributed by atoms with Crippen LogP contribution >= 0.6 is 0 Å². The molecule has 0 bridgehead atoms. The van der Waals surface area contributed by atoms with Crippen LogP contribution in [0.15, 0.2) is 29.1 Å². The van der Waals surface area contributed by atoms with Gasteiger partial charge in [0.1, 0.15) is 0 Å². The van der Waals surface area contributed by atoms with E-state index in [9.17, 15) is 9.59 Å². The largest absolute Gasteiger partial charge is 0.275 e. The van der Waals surface area contributed by atoms with Crippen LogP contribution in [0.4, 0.5) is 0 Å². The van der Waals surface area contributed by atoms with Crippen LogP contribution in [0.2, 0.25) is 0 Å². The van der Waals surface area contributed by atoms with Crippen molar-refractivity contribution in [2.45, 2.75) is 6.42 Å². The van der Waals surface area contributed by atoms with Gasteiger partial charge in [0.05, 0.1) is 24.6 Å². The third-order valence-corrected chi connectivity index (χ3v) is 2.98. The Hall–Kier alpha value is -2.21. The van der Waals surface area contributed by atoms with Gasteiger partial charge in [0.15, 0.2) is 0 Å². The lowest BCUT2D eigenvalue weighted by atomic mass is 10.1. The lowest BCUT2D eigenvalue weighted by Crippen LogP contribution is -2.29. The summed E-state index contributed by atoms with van der Waals surface area (Å²) in [5.74, 6) is -0.223. The maximum atomic E-state index is 11.9. The van der Waals surface area contributed by atoms with Crippen molar-refractivity contribution in [1.29, 1.82) is 0 Å². The summed E-state index contributed by atoms with van der Waals surface area (Å²) in [5.41, 5.74) is 0.387. The second kappa shape index (κ2) is 5.19. The minimum atomic E-state index is -0.223. The number of carbonyl (C=O) groups excluding carboxylic acids is 1. The van der Waals surface area contributed by atoms with Crippen LogP contribution in [0.3, 0.4) is 0 Å². The van der Waals surface area contributed by atoms with Gasteiger partial charge in [-0.15, -0.1) is 0 Å². The molecular formula is C13H15N3O3. The SMILES string of the molecule is CON(C)C(=O)Cc1nn(C)c(=O)c2ccccc12. The molecule has 0 spiro atoms. The fourth-order valence-corrected chi connectivity index (χ4v) is 1.86. The van der Waals surface area contributed by atoms with E-state index in [1.807, 2.05) is 6.07 Å². The zero-order valence-corrected chi connectivity index (χ0v) is 11.1. The number of benzene rings is 1. The summed E-state index contributed by atoms with van der Waals surface area (Å²) >= 11 is 0. The molecule has 2 rings (SSSR count). The molecule has 0 unspecified atom stereocenters. The molecule has 0 fully saturated rings. The fourth-order valence-electron chi connectivity index (χ4n) is 1.86. The Morgan fingerprint density at radius 3 is 2.63 bits per heavy atom. The summed E-state index contributed by atoms with van der Waals surface area (Å²) in [6.45, 7) is 0. The van der Waals surface area contributed by atoms with Crippen LogP contribution in [0, 0.1) is 0 Å². The first-order valence-corrected chi connectivity index (χ1v) is 5.80. The topological polar surface area (TPSA) is 64.4 Å². The highest BCUT2D eigenvalue weighted by atomic mass is 16.7. The third-order valence-electron chi connectivity index (χ3n) is 2.98. The summed E-state index contributed by atoms with van der Waals surface area (Å²) in [7, 11) is 4.53. The number of hydroxylamine groups is 2. The van der Waals surface area contributed by atoms with Crippen molar-refractivity contribution in [3.05, 3.63) is 40.3 Å². The van der Waals surface area contributed by atoms with Gasteiger partial charge in [0.25, 0.3) is 11.5 Å². The Morgan fingerprint density at radius 2 is 2.00 bits per heavy atom. The van der Waals surface area contributed by atoms with Crippen molar-refractivity contribution in [3.63, 3.8) is 0 Å². The van der Waals surface area contributed by atoms with E-state index in [2.05, 4.69) is 5.10 Å². The molecule has 0 N–H and O–H groups in total. The number of likely N-dealkylation sites (N-methyl/N-ethyl adjacent to an activating group) is 1. The third kappa shape index (κ3) is 2.48. The first-order valence-electron chi connectivity index (χ1n) is 5.80. The van der Waals surface area contributed by atoms with Crippen LogP contribution < -0.4 is 5.56 Å². The Bertz CT molecular complexity index is 678. The molecule has 1 amide bonds. The number of hydrogen-bond donors (Lipinski definition) is 0. The highest BCUT2D eigenvalue weighted by Crippen LogP contribution is 2.14. The summed E-state index contributed by atoms with van der Waals surface area (Å²) in [4.78, 5) is 28.6. The molecule has 0 saturated carbocycles. The highest BCUT2D eigenvalue weighted by Gasteiger charge is 2.14. The Morgan fingerprint density at radius 1 is 1.37 bits per heavy atom. The number of carbonyl (C=O) groups is 1. The van der Waals surface area contributed by atoms with E-state index in [0.29, 0.717) is 16.5 Å². The van der Waals surface area contributed by atoms with Gasteiger partial charge < -0.3 is 0 Å². The molecule has 0 aliphatic heterocycles. The summed E-state index contributed by atoms with van der Waals surface area (Å²) in [6.07, 6.45) is 0.0823. The van der Waals surface area contributed by atoms with Crippen molar-refractivity contribution >= 4 is 16.7 Å². The minimum Gasteiger partial charge on any atom is -0.275 e. The normalized spacial score (nSPS) is 10.7. The van der Waals surface area contributed by atoms with Gasteiger partial charge in [-0.3, -0.25) is 14.4 Å². The van der Waals surface area contributed by atoms with Crippen molar-refractivity contribution in [2.24, 2.45) is 7.05 Å². The predicted octanol–water partition coefficient (Wildman–Crippen LogP) is 0.496. The highest BCUT2D eigenvalue weighted by molar-refractivity contribution is 5.88. The standard InChI is InChI=1S/C13H15N3O3/c1-15-13(18)10-7-5-4-6-9(10)11(14-15)8-12(17)16(2)19-3/h4-7H,8H2,1-3H3. The zero-order chi connectivity index (χ0) is 14.0. The number of amides is 1. The van der Waals surface area contributed by atoms with Gasteiger partial charge in [0, 0.05) is 19.5 Å². The number of aryl methyl sites for hydroxylation is 1. The lowest BCUT2D eigenvalue weighted by Gasteiger charge is -2.14. The van der Waals surface area contributed by atoms with Gasteiger partial charge in [-0.05, 0) is 6.07 Å². The number of fused-ring (bicyclic) bond motifs is 1. The van der Waals surface area contributed by atoms with Gasteiger partial charge in [0.2, 0.25) is 0 Å². The van der Waals surface area contributed by atoms with Gasteiger partial charge in [-0.2, -0.15) is 5.10 Å². The molecule has 6 heteroatoms. The van der Waals surface area contributed by atoms with E-state index < -0.39 is 0 Å². The van der Waals surface area contributed by atoms with Crippen LogP contribution in [0.5, 0.6) is 0 Å². The average molecular weight is 261 g/mol. The summed E-state index contributed by atoms with van der Waals surface area (Å²) in [6, 6.07) is 7.13. The number of hydrogen-bond acceptors (Lipinski definition) is 4. The maximum absolute atomic E-state index is 11.9. The van der Waals surface area contributed by atoms with E-state index in [-0.39, 0.29) is 17.9 Å². The van der Waals surface area contributed by atoms with E-state index in [1.54, 1.807) is 25.2 Å². The number of nitrogens with zero attached hydrogens (tertiary/aromatic N) is 3. The molecule has 19 heavy (non-hydrogen) atoms. The monoisotopic (exact) mass is 261 g/mol. The molecule has 6 nitrogen and oxygen atoms in total. The van der Waals surface area contributed by atoms with Gasteiger partial charge >= 0.3 is 0 Å². The predicted molar refractivity (Wildman–Crippen MR) is 70.5 cm³/mol. The number of rotatable bonds is 3. The molecular weight excluding hydrogens is 246 g/mol. The molecule has 1 aromatic heterocycles. The molecule has 1 aromatic carbocycles. The molecule has 100 valence electrons. The van der Waals surface area contributed by atoms with Crippen molar-refractivity contribution in [1.82, 2.24) is 14.8 Å². The Labute approximate surface area is 110 Å². The van der Waals surface area contributed by atoms with E-state index in [1.165, 1.54) is 18.8 Å². The van der Waals surface area contributed by atoms with E-state index in [0.717, 1.165) is 5.06 Å². The number of aromatic nitrogens is 2. The quantitative estimate of drug-likeness (QED) is 0.755. The first-order chi connectivity index (χ1) is 9.04. The fraction of sp³-hybridized carbons (Fsp3) is 0.308. The molecule has 0 saturated heterocycles. The van der Waals surface area contributed by atoms with Gasteiger partial charge in [-0.25, -0.2) is 9.75 Å². The maximum Gasteiger partial charge on any atom is 0.274 e. The molecule has 0 atom stereocenters. The van der Waals surface area contributed by atoms with E-state index >= 15 is 0 Å². The summed E-state index contributed by atoms with van der Waals surface area (Å²) < 4.78 is 1.25. The second-order valence-electron chi connectivity index (χ2n) is 4.17. The first kappa shape index (κ1) is 13.2. The van der Waals surface area contributed by atoms with Crippen molar-refractivity contribution in [3.8, 4) is 0 Å². The average Bonchev–Trinajstić information content (AvgIpc) is 2.43. The van der Waals surface area contributed by atoms with Crippen LogP contribution in [-0.4, -0.2) is 34.9 Å². The molecule has 1 heterocycles. The molecule has 2 aromatic rings. The lowest BCUT2D eigenvalue weighted by molar-refractivity contribution is -0.167. The second-order valence-corrected chi connectivity index (χ2v) is 4.17. The van der Waals surface area contributed by atoms with E-state index in [4.69, 9.17) is 4.84 Å². The Kier molecular flexibility index (Phi) is 3.62. The zero-order valence-electron chi connectivity index (χ0n) is 11.1. The van der Waals surface area contributed by atoms with Crippen LogP contribution in [-0.2, 0) is 23.1 Å². The van der Waals surface area contributed by atoms with Crippen molar-refractivity contribution < 1.29 is 9.63 Å². The Balaban J connectivity index is 2.52. The van der Waals surface area contributed by atoms with Crippen molar-refractivity contribution in [2.75, 3.05) is 14.2 Å². The van der Waals surface area contributed by atoms with Crippen LogP contribution in [0.25, 0.3) is 10.8 Å². The van der Waals surface area contributed by atoms with Gasteiger partial charge in [-0.1, -0.05) is 18.2 Å². The molecule has 0 aliphatic carbocycles. The van der Waals surface area contributed by atoms with Crippen LogP contribution in [0.1, 0.15) is 5.69 Å². The minimum absolute atomic E-state index is 0.0823. The smallest absolute Gasteiger partial charge is 0.274 e. The summed E-state index contributed by atoms with van der Waals surface area (Å²) in [5, 5.41) is 6.55. The molecule has 0 aliphatic rings.